The van der Waals surface area contributed by atoms with E-state index in [1.54, 1.807) is 7.05 Å². The van der Waals surface area contributed by atoms with Crippen LogP contribution >= 0.6 is 0 Å². The monoisotopic (exact) mass is 242 g/mol. The molecule has 1 atom stereocenters. The van der Waals surface area contributed by atoms with Crippen molar-refractivity contribution in [2.75, 3.05) is 13.2 Å². The smallest absolute Gasteiger partial charge is 0.306 e. The summed E-state index contributed by atoms with van der Waals surface area (Å²) in [6, 6.07) is 0.400. The molecule has 1 fully saturated rings. The summed E-state index contributed by atoms with van der Waals surface area (Å²) in [5.41, 5.74) is 5.68. The molecule has 0 saturated carbocycles. The summed E-state index contributed by atoms with van der Waals surface area (Å²) in [6.07, 6.45) is 5.88. The molecule has 1 aromatic heterocycles. The third-order valence-corrected chi connectivity index (χ3v) is 2.40. The number of aryl methyl sites for hydroxylation is 1. The third kappa shape index (κ3) is 5.41. The minimum atomic E-state index is -0.479. The van der Waals surface area contributed by atoms with E-state index in [2.05, 4.69) is 5.10 Å². The molecule has 7 nitrogen and oxygen atoms in total. The highest BCUT2D eigenvalue weighted by molar-refractivity contribution is 5.20. The zero-order valence-electron chi connectivity index (χ0n) is 9.91. The highest BCUT2D eigenvalue weighted by Crippen LogP contribution is 2.05. The maximum absolute atomic E-state index is 9.97. The molecule has 1 unspecified atom stereocenters. The highest BCUT2D eigenvalue weighted by atomic mass is 16.6. The summed E-state index contributed by atoms with van der Waals surface area (Å²) in [7, 11) is 1.63. The van der Waals surface area contributed by atoms with E-state index < -0.39 is 4.92 Å². The van der Waals surface area contributed by atoms with Crippen LogP contribution < -0.4 is 5.73 Å². The Labute approximate surface area is 99.7 Å². The molecule has 2 heterocycles. The van der Waals surface area contributed by atoms with Gasteiger partial charge in [-0.3, -0.25) is 14.8 Å². The predicted molar refractivity (Wildman–Crippen MR) is 62.5 cm³/mol. The van der Waals surface area contributed by atoms with Crippen molar-refractivity contribution < 1.29 is 9.66 Å². The van der Waals surface area contributed by atoms with Gasteiger partial charge in [0.15, 0.2) is 0 Å². The molecule has 0 amide bonds. The summed E-state index contributed by atoms with van der Waals surface area (Å²) in [5, 5.41) is 13.6. The second kappa shape index (κ2) is 6.97. The number of hydrogen-bond acceptors (Lipinski definition) is 5. The Morgan fingerprint density at radius 3 is 2.88 bits per heavy atom. The maximum atomic E-state index is 9.97. The van der Waals surface area contributed by atoms with Gasteiger partial charge >= 0.3 is 5.69 Å². The van der Waals surface area contributed by atoms with Crippen LogP contribution in [0.25, 0.3) is 0 Å². The van der Waals surface area contributed by atoms with E-state index in [1.807, 2.05) is 0 Å². The van der Waals surface area contributed by atoms with E-state index in [-0.39, 0.29) is 5.69 Å². The number of nitro groups is 1. The Morgan fingerprint density at radius 2 is 2.35 bits per heavy atom. The molecule has 0 radical (unpaired) electrons. The van der Waals surface area contributed by atoms with E-state index in [1.165, 1.54) is 17.1 Å². The van der Waals surface area contributed by atoms with Gasteiger partial charge < -0.3 is 10.5 Å². The lowest BCUT2D eigenvalue weighted by atomic mass is 10.1. The topological polar surface area (TPSA) is 96.2 Å². The summed E-state index contributed by atoms with van der Waals surface area (Å²) in [5.74, 6) is 0. The average Bonchev–Trinajstić information content (AvgIpc) is 2.57. The van der Waals surface area contributed by atoms with E-state index in [0.717, 1.165) is 32.5 Å². The first-order chi connectivity index (χ1) is 8.09. The molecule has 1 aliphatic heterocycles. The summed E-state index contributed by atoms with van der Waals surface area (Å²) in [4.78, 5) is 9.49. The Bertz CT molecular complexity index is 345. The molecule has 0 aliphatic carbocycles. The summed E-state index contributed by atoms with van der Waals surface area (Å²) in [6.45, 7) is 1.77. The van der Waals surface area contributed by atoms with Gasteiger partial charge in [0, 0.05) is 26.3 Å². The van der Waals surface area contributed by atoms with Crippen molar-refractivity contribution >= 4 is 5.69 Å². The number of aromatic nitrogens is 2. The van der Waals surface area contributed by atoms with E-state index in [0.29, 0.717) is 6.04 Å². The van der Waals surface area contributed by atoms with Gasteiger partial charge in [-0.2, -0.15) is 5.10 Å². The van der Waals surface area contributed by atoms with Gasteiger partial charge in [0.2, 0.25) is 0 Å². The summed E-state index contributed by atoms with van der Waals surface area (Å²) < 4.78 is 6.57. The minimum absolute atomic E-state index is 0.0255. The van der Waals surface area contributed by atoms with Crippen LogP contribution in [0.5, 0.6) is 0 Å². The van der Waals surface area contributed by atoms with Gasteiger partial charge in [-0.15, -0.1) is 0 Å². The fourth-order valence-corrected chi connectivity index (χ4v) is 1.43. The molecule has 2 N–H and O–H groups in total. The van der Waals surface area contributed by atoms with Crippen molar-refractivity contribution in [3.05, 3.63) is 22.5 Å². The molecule has 0 bridgehead atoms. The van der Waals surface area contributed by atoms with Gasteiger partial charge in [0.05, 0.1) is 4.92 Å². The zero-order valence-corrected chi connectivity index (χ0v) is 9.91. The fourth-order valence-electron chi connectivity index (χ4n) is 1.43. The Hall–Kier alpha value is -1.47. The number of hydrogen-bond donors (Lipinski definition) is 1. The lowest BCUT2D eigenvalue weighted by Gasteiger charge is -2.02. The summed E-state index contributed by atoms with van der Waals surface area (Å²) >= 11 is 0. The van der Waals surface area contributed by atoms with Crippen LogP contribution in [-0.2, 0) is 11.8 Å². The van der Waals surface area contributed by atoms with Crippen molar-refractivity contribution in [1.29, 1.82) is 0 Å². The van der Waals surface area contributed by atoms with Gasteiger partial charge in [-0.1, -0.05) is 0 Å². The molecule has 1 aliphatic rings. The second-order valence-corrected chi connectivity index (χ2v) is 3.93. The first kappa shape index (κ1) is 13.6. The average molecular weight is 242 g/mol. The van der Waals surface area contributed by atoms with E-state index in [4.69, 9.17) is 10.5 Å². The van der Waals surface area contributed by atoms with Crippen LogP contribution in [0, 0.1) is 10.1 Å². The molecular weight excluding hydrogens is 224 g/mol. The first-order valence-corrected chi connectivity index (χ1v) is 5.56. The van der Waals surface area contributed by atoms with Crippen molar-refractivity contribution in [2.24, 2.45) is 12.8 Å². The molecule has 0 spiro atoms. The molecule has 1 saturated heterocycles. The normalized spacial score (nSPS) is 20.0. The van der Waals surface area contributed by atoms with E-state index in [9.17, 15) is 10.1 Å². The lowest BCUT2D eigenvalue weighted by molar-refractivity contribution is -0.384. The van der Waals surface area contributed by atoms with Crippen LogP contribution in [-0.4, -0.2) is 34.0 Å². The van der Waals surface area contributed by atoms with Gasteiger partial charge in [0.1, 0.15) is 12.4 Å². The lowest BCUT2D eigenvalue weighted by Crippen LogP contribution is -2.19. The van der Waals surface area contributed by atoms with Crippen LogP contribution in [0.1, 0.15) is 19.3 Å². The number of nitrogens with zero attached hydrogens (tertiary/aromatic N) is 3. The number of ether oxygens (including phenoxy) is 1. The van der Waals surface area contributed by atoms with Crippen molar-refractivity contribution in [1.82, 2.24) is 9.78 Å². The van der Waals surface area contributed by atoms with Gasteiger partial charge in [0.25, 0.3) is 0 Å². The third-order valence-electron chi connectivity index (χ3n) is 2.40. The second-order valence-electron chi connectivity index (χ2n) is 3.93. The largest absolute Gasteiger partial charge is 0.381 e. The SMILES string of the molecule is Cn1cc([N+](=O)[O-])cn1.NC1CCCOCC1. The maximum Gasteiger partial charge on any atom is 0.306 e. The number of nitrogens with two attached hydrogens (primary N) is 1. The Kier molecular flexibility index (Phi) is 5.58. The van der Waals surface area contributed by atoms with Crippen molar-refractivity contribution in [3.63, 3.8) is 0 Å². The molecule has 2 rings (SSSR count). The Balaban J connectivity index is 0.000000171. The highest BCUT2D eigenvalue weighted by Gasteiger charge is 2.05. The van der Waals surface area contributed by atoms with Gasteiger partial charge in [-0.25, -0.2) is 0 Å². The zero-order chi connectivity index (χ0) is 12.7. The van der Waals surface area contributed by atoms with E-state index >= 15 is 0 Å². The Morgan fingerprint density at radius 1 is 1.59 bits per heavy atom. The standard InChI is InChI=1S/C6H13NO.C4H5N3O2/c7-6-2-1-4-8-5-3-6;1-6-3-4(2-5-6)7(8)9/h6H,1-5,7H2;2-3H,1H3. The van der Waals surface area contributed by atoms with Crippen LogP contribution in [0.2, 0.25) is 0 Å². The van der Waals surface area contributed by atoms with Gasteiger partial charge in [-0.05, 0) is 19.3 Å². The number of rotatable bonds is 1. The fraction of sp³-hybridized carbons (Fsp3) is 0.700. The molecule has 7 heteroatoms. The molecule has 96 valence electrons. The molecular formula is C10H18N4O3. The molecule has 17 heavy (non-hydrogen) atoms. The van der Waals surface area contributed by atoms with Crippen LogP contribution in [0.3, 0.4) is 0 Å². The predicted octanol–water partition coefficient (Wildman–Crippen LogP) is 0.842. The minimum Gasteiger partial charge on any atom is -0.381 e. The van der Waals surface area contributed by atoms with Crippen molar-refractivity contribution in [2.45, 2.75) is 25.3 Å². The van der Waals surface area contributed by atoms with Crippen LogP contribution in [0.4, 0.5) is 5.69 Å². The first-order valence-electron chi connectivity index (χ1n) is 5.56. The molecule has 1 aromatic rings. The quantitative estimate of drug-likeness (QED) is 0.581. The van der Waals surface area contributed by atoms with Crippen molar-refractivity contribution in [3.8, 4) is 0 Å². The van der Waals surface area contributed by atoms with Crippen LogP contribution in [0.15, 0.2) is 12.4 Å². The molecule has 0 aromatic carbocycles.